The van der Waals surface area contributed by atoms with Crippen LogP contribution in [0.4, 0.5) is 4.39 Å². The number of ether oxygens (including phenoxy) is 2. The van der Waals surface area contributed by atoms with Gasteiger partial charge in [0.15, 0.2) is 5.96 Å². The number of nitrogens with zero attached hydrogens (tertiary/aromatic N) is 2. The van der Waals surface area contributed by atoms with Crippen LogP contribution < -0.4 is 15.4 Å². The van der Waals surface area contributed by atoms with Crippen molar-refractivity contribution in [3.8, 4) is 5.75 Å². The topological polar surface area (TPSA) is 58.1 Å². The molecule has 2 aromatic rings. The second-order valence-corrected chi connectivity index (χ2v) is 7.14. The maximum atomic E-state index is 13.3. The first kappa shape index (κ1) is 25.4. The lowest BCUT2D eigenvalue weighted by atomic mass is 10.1. The van der Waals surface area contributed by atoms with E-state index < -0.39 is 0 Å². The maximum absolute atomic E-state index is 13.3. The minimum absolute atomic E-state index is 0. The number of benzene rings is 2. The fourth-order valence-electron chi connectivity index (χ4n) is 3.32. The molecule has 0 saturated carbocycles. The molecule has 0 unspecified atom stereocenters. The highest BCUT2D eigenvalue weighted by atomic mass is 127. The predicted molar refractivity (Wildman–Crippen MR) is 133 cm³/mol. The zero-order valence-corrected chi connectivity index (χ0v) is 20.3. The molecule has 1 aliphatic rings. The zero-order chi connectivity index (χ0) is 21.0. The van der Waals surface area contributed by atoms with E-state index in [1.165, 1.54) is 6.07 Å². The van der Waals surface area contributed by atoms with Gasteiger partial charge in [-0.1, -0.05) is 30.3 Å². The fourth-order valence-corrected chi connectivity index (χ4v) is 3.32. The van der Waals surface area contributed by atoms with Gasteiger partial charge in [-0.15, -0.1) is 24.0 Å². The number of rotatable bonds is 9. The van der Waals surface area contributed by atoms with E-state index in [1.807, 2.05) is 24.3 Å². The maximum Gasteiger partial charge on any atom is 0.191 e. The Morgan fingerprint density at radius 2 is 1.94 bits per heavy atom. The van der Waals surface area contributed by atoms with Crippen LogP contribution in [0.25, 0.3) is 0 Å². The smallest absolute Gasteiger partial charge is 0.191 e. The van der Waals surface area contributed by atoms with Gasteiger partial charge in [-0.25, -0.2) is 4.39 Å². The van der Waals surface area contributed by atoms with Crippen molar-refractivity contribution in [1.82, 2.24) is 15.5 Å². The van der Waals surface area contributed by atoms with Crippen LogP contribution in [-0.2, 0) is 17.7 Å². The van der Waals surface area contributed by atoms with Crippen molar-refractivity contribution in [2.75, 3.05) is 53.0 Å². The molecule has 31 heavy (non-hydrogen) atoms. The van der Waals surface area contributed by atoms with E-state index in [1.54, 1.807) is 19.2 Å². The Bertz CT molecular complexity index is 816. The van der Waals surface area contributed by atoms with Crippen molar-refractivity contribution in [2.45, 2.75) is 13.0 Å². The number of hydrogen-bond acceptors (Lipinski definition) is 4. The molecule has 2 N–H and O–H groups in total. The van der Waals surface area contributed by atoms with Crippen molar-refractivity contribution in [1.29, 1.82) is 0 Å². The lowest BCUT2D eigenvalue weighted by Gasteiger charge is -2.26. The molecule has 8 heteroatoms. The first-order chi connectivity index (χ1) is 14.7. The van der Waals surface area contributed by atoms with E-state index in [-0.39, 0.29) is 29.8 Å². The SMILES string of the molecule is CN=C(NCCc1cccc(F)c1)NCc1ccccc1OCCN1CCOCC1.I. The Hall–Kier alpha value is -1.91. The van der Waals surface area contributed by atoms with Crippen LogP contribution in [0.3, 0.4) is 0 Å². The molecule has 170 valence electrons. The van der Waals surface area contributed by atoms with E-state index in [4.69, 9.17) is 9.47 Å². The second kappa shape index (κ2) is 14.2. The number of morpholine rings is 1. The summed E-state index contributed by atoms with van der Waals surface area (Å²) >= 11 is 0. The van der Waals surface area contributed by atoms with Crippen LogP contribution in [0.5, 0.6) is 5.75 Å². The van der Waals surface area contributed by atoms with Gasteiger partial charge in [0, 0.05) is 45.3 Å². The molecule has 0 aliphatic carbocycles. The summed E-state index contributed by atoms with van der Waals surface area (Å²) in [6.07, 6.45) is 0.722. The lowest BCUT2D eigenvalue weighted by molar-refractivity contribution is 0.0322. The number of guanidine groups is 1. The number of halogens is 2. The molecule has 0 amide bonds. The van der Waals surface area contributed by atoms with Crippen molar-refractivity contribution in [2.24, 2.45) is 4.99 Å². The first-order valence-corrected chi connectivity index (χ1v) is 10.4. The van der Waals surface area contributed by atoms with Gasteiger partial charge >= 0.3 is 0 Å². The van der Waals surface area contributed by atoms with E-state index in [0.29, 0.717) is 25.7 Å². The Balaban J connectivity index is 0.00000341. The fraction of sp³-hybridized carbons (Fsp3) is 0.435. The van der Waals surface area contributed by atoms with Gasteiger partial charge in [-0.2, -0.15) is 0 Å². The van der Waals surface area contributed by atoms with Crippen LogP contribution >= 0.6 is 24.0 Å². The summed E-state index contributed by atoms with van der Waals surface area (Å²) < 4.78 is 24.7. The largest absolute Gasteiger partial charge is 0.492 e. The van der Waals surface area contributed by atoms with Crippen molar-refractivity contribution < 1.29 is 13.9 Å². The summed E-state index contributed by atoms with van der Waals surface area (Å²) in [6.45, 7) is 6.34. The molecule has 6 nitrogen and oxygen atoms in total. The minimum atomic E-state index is -0.208. The first-order valence-electron chi connectivity index (χ1n) is 10.4. The van der Waals surface area contributed by atoms with Gasteiger partial charge in [0.25, 0.3) is 0 Å². The molecule has 0 atom stereocenters. The summed E-state index contributed by atoms with van der Waals surface area (Å²) in [6, 6.07) is 14.7. The summed E-state index contributed by atoms with van der Waals surface area (Å²) in [4.78, 5) is 6.62. The van der Waals surface area contributed by atoms with Crippen LogP contribution in [0.2, 0.25) is 0 Å². The summed E-state index contributed by atoms with van der Waals surface area (Å²) in [5.74, 6) is 1.38. The highest BCUT2D eigenvalue weighted by molar-refractivity contribution is 14.0. The summed E-state index contributed by atoms with van der Waals surface area (Å²) in [7, 11) is 1.74. The van der Waals surface area contributed by atoms with Gasteiger partial charge < -0.3 is 20.1 Å². The average Bonchev–Trinajstić information content (AvgIpc) is 2.78. The third-order valence-electron chi connectivity index (χ3n) is 5.01. The van der Waals surface area contributed by atoms with Crippen LogP contribution in [0, 0.1) is 5.82 Å². The van der Waals surface area contributed by atoms with Gasteiger partial charge in [0.1, 0.15) is 18.2 Å². The molecule has 0 bridgehead atoms. The average molecular weight is 542 g/mol. The molecule has 0 aromatic heterocycles. The van der Waals surface area contributed by atoms with Gasteiger partial charge in [0.2, 0.25) is 0 Å². The van der Waals surface area contributed by atoms with E-state index in [9.17, 15) is 4.39 Å². The molecule has 2 aromatic carbocycles. The number of aliphatic imine (C=N–C) groups is 1. The summed E-state index contributed by atoms with van der Waals surface area (Å²) in [5, 5.41) is 6.59. The highest BCUT2D eigenvalue weighted by Gasteiger charge is 2.11. The molecule has 3 rings (SSSR count). The molecule has 1 heterocycles. The monoisotopic (exact) mass is 542 g/mol. The molecular weight excluding hydrogens is 510 g/mol. The highest BCUT2D eigenvalue weighted by Crippen LogP contribution is 2.17. The lowest BCUT2D eigenvalue weighted by Crippen LogP contribution is -2.39. The van der Waals surface area contributed by atoms with E-state index >= 15 is 0 Å². The standard InChI is InChI=1S/C23H31FN4O2.HI/c1-25-23(26-10-9-19-5-4-7-21(24)17-19)27-18-20-6-2-3-8-22(20)30-16-13-28-11-14-29-15-12-28;/h2-8,17H,9-16,18H2,1H3,(H2,25,26,27);1H. The van der Waals surface area contributed by atoms with Gasteiger partial charge in [-0.05, 0) is 30.2 Å². The molecule has 1 aliphatic heterocycles. The minimum Gasteiger partial charge on any atom is -0.492 e. The van der Waals surface area contributed by atoms with Crippen molar-refractivity contribution >= 4 is 29.9 Å². The molecule has 1 saturated heterocycles. The Labute approximate surface area is 201 Å². The number of hydrogen-bond donors (Lipinski definition) is 2. The normalized spacial score (nSPS) is 14.6. The van der Waals surface area contributed by atoms with Crippen LogP contribution in [-0.4, -0.2) is 63.9 Å². The molecular formula is C23H32FIN4O2. The van der Waals surface area contributed by atoms with Crippen molar-refractivity contribution in [3.05, 3.63) is 65.5 Å². The predicted octanol–water partition coefficient (Wildman–Crippen LogP) is 3.06. The van der Waals surface area contributed by atoms with Crippen molar-refractivity contribution in [3.63, 3.8) is 0 Å². The van der Waals surface area contributed by atoms with Gasteiger partial charge in [0.05, 0.1) is 13.2 Å². The molecule has 0 radical (unpaired) electrons. The Morgan fingerprint density at radius 1 is 1.13 bits per heavy atom. The Morgan fingerprint density at radius 3 is 2.71 bits per heavy atom. The van der Waals surface area contributed by atoms with Crippen LogP contribution in [0.15, 0.2) is 53.5 Å². The molecule has 0 spiro atoms. The van der Waals surface area contributed by atoms with Crippen LogP contribution in [0.1, 0.15) is 11.1 Å². The third-order valence-corrected chi connectivity index (χ3v) is 5.01. The Kier molecular flexibility index (Phi) is 11.6. The zero-order valence-electron chi connectivity index (χ0n) is 18.0. The van der Waals surface area contributed by atoms with E-state index in [2.05, 4.69) is 26.6 Å². The molecule has 1 fully saturated rings. The van der Waals surface area contributed by atoms with E-state index in [0.717, 1.165) is 56.1 Å². The second-order valence-electron chi connectivity index (χ2n) is 7.14. The number of para-hydroxylation sites is 1. The quantitative estimate of drug-likeness (QED) is 0.290. The van der Waals surface area contributed by atoms with Gasteiger partial charge in [-0.3, -0.25) is 9.89 Å². The summed E-state index contributed by atoms with van der Waals surface area (Å²) in [5.41, 5.74) is 2.03. The third kappa shape index (κ3) is 9.00. The number of nitrogens with one attached hydrogen (secondary N) is 2.